The van der Waals surface area contributed by atoms with E-state index in [1.807, 2.05) is 6.07 Å². The second-order valence-electron chi connectivity index (χ2n) is 4.10. The van der Waals surface area contributed by atoms with Crippen molar-refractivity contribution in [1.82, 2.24) is 0 Å². The van der Waals surface area contributed by atoms with Crippen molar-refractivity contribution in [2.75, 3.05) is 11.9 Å². The van der Waals surface area contributed by atoms with Crippen LogP contribution in [0.5, 0.6) is 5.75 Å². The molecule has 1 amide bonds. The largest absolute Gasteiger partial charge is 0.484 e. The normalized spacial score (nSPS) is 9.76. The summed E-state index contributed by atoms with van der Waals surface area (Å²) in [7, 11) is 0. The number of rotatable bonds is 4. The van der Waals surface area contributed by atoms with Crippen LogP contribution in [0, 0.1) is 17.1 Å². The maximum absolute atomic E-state index is 13.6. The first-order valence-corrected chi connectivity index (χ1v) is 6.34. The van der Waals surface area contributed by atoms with Crippen LogP contribution in [0.25, 0.3) is 0 Å². The highest BCUT2D eigenvalue weighted by molar-refractivity contribution is 6.30. The van der Waals surface area contributed by atoms with E-state index in [4.69, 9.17) is 21.6 Å². The minimum Gasteiger partial charge on any atom is -0.484 e. The Bertz CT molecular complexity index is 696. The van der Waals surface area contributed by atoms with Crippen molar-refractivity contribution in [2.24, 2.45) is 0 Å². The molecule has 0 spiro atoms. The number of nitrogens with one attached hydrogen (secondary N) is 1. The molecule has 2 aromatic rings. The second kappa shape index (κ2) is 6.73. The van der Waals surface area contributed by atoms with Crippen LogP contribution in [-0.2, 0) is 4.79 Å². The van der Waals surface area contributed by atoms with Crippen molar-refractivity contribution in [3.05, 3.63) is 58.9 Å². The molecule has 106 valence electrons. The highest BCUT2D eigenvalue weighted by Crippen LogP contribution is 2.17. The number of halogens is 2. The van der Waals surface area contributed by atoms with Gasteiger partial charge in [-0.25, -0.2) is 4.39 Å². The molecule has 21 heavy (non-hydrogen) atoms. The van der Waals surface area contributed by atoms with Gasteiger partial charge in [0.05, 0.1) is 17.3 Å². The van der Waals surface area contributed by atoms with E-state index in [9.17, 15) is 9.18 Å². The van der Waals surface area contributed by atoms with E-state index in [-0.39, 0.29) is 17.9 Å². The molecular weight excluding hydrogens is 295 g/mol. The Kier molecular flexibility index (Phi) is 4.75. The van der Waals surface area contributed by atoms with Crippen LogP contribution < -0.4 is 10.1 Å². The zero-order chi connectivity index (χ0) is 15.2. The topological polar surface area (TPSA) is 62.1 Å². The van der Waals surface area contributed by atoms with Crippen LogP contribution in [0.4, 0.5) is 10.1 Å². The molecule has 0 atom stereocenters. The Morgan fingerprint density at radius 1 is 1.29 bits per heavy atom. The SMILES string of the molecule is N#Cc1ccc(NC(=O)COc2ccc(Cl)cc2)c(F)c1. The molecule has 0 aliphatic rings. The van der Waals surface area contributed by atoms with Gasteiger partial charge in [0, 0.05) is 5.02 Å². The third-order valence-corrected chi connectivity index (χ3v) is 2.81. The zero-order valence-corrected chi connectivity index (χ0v) is 11.5. The summed E-state index contributed by atoms with van der Waals surface area (Å²) in [5, 5.41) is 11.6. The molecule has 0 saturated heterocycles. The first kappa shape index (κ1) is 14.8. The van der Waals surface area contributed by atoms with Crippen LogP contribution in [0.2, 0.25) is 5.02 Å². The number of carbonyl (C=O) groups is 1. The zero-order valence-electron chi connectivity index (χ0n) is 10.8. The third kappa shape index (κ3) is 4.20. The molecule has 0 saturated carbocycles. The van der Waals surface area contributed by atoms with Crippen LogP contribution >= 0.6 is 11.6 Å². The molecule has 0 aromatic heterocycles. The lowest BCUT2D eigenvalue weighted by molar-refractivity contribution is -0.118. The van der Waals surface area contributed by atoms with Gasteiger partial charge in [-0.1, -0.05) is 11.6 Å². The van der Waals surface area contributed by atoms with Gasteiger partial charge >= 0.3 is 0 Å². The van der Waals surface area contributed by atoms with E-state index in [2.05, 4.69) is 5.32 Å². The van der Waals surface area contributed by atoms with Crippen molar-refractivity contribution < 1.29 is 13.9 Å². The summed E-state index contributed by atoms with van der Waals surface area (Å²) >= 11 is 5.72. The number of hydrogen-bond donors (Lipinski definition) is 1. The Morgan fingerprint density at radius 3 is 2.62 bits per heavy atom. The van der Waals surface area contributed by atoms with E-state index >= 15 is 0 Å². The summed E-state index contributed by atoms with van der Waals surface area (Å²) in [6.07, 6.45) is 0. The maximum atomic E-state index is 13.6. The van der Waals surface area contributed by atoms with Crippen molar-refractivity contribution in [3.63, 3.8) is 0 Å². The maximum Gasteiger partial charge on any atom is 0.262 e. The molecule has 0 fully saturated rings. The third-order valence-electron chi connectivity index (χ3n) is 2.56. The van der Waals surface area contributed by atoms with Crippen LogP contribution in [-0.4, -0.2) is 12.5 Å². The minimum atomic E-state index is -0.672. The molecular formula is C15H10ClFN2O2. The average molecular weight is 305 g/mol. The number of nitrogens with zero attached hydrogens (tertiary/aromatic N) is 1. The summed E-state index contributed by atoms with van der Waals surface area (Å²) in [5.41, 5.74) is 0.182. The molecule has 2 aromatic carbocycles. The summed E-state index contributed by atoms with van der Waals surface area (Å²) in [5.74, 6) is -0.697. The number of benzene rings is 2. The Morgan fingerprint density at radius 2 is 2.00 bits per heavy atom. The summed E-state index contributed by atoms with van der Waals surface area (Å²) in [6, 6.07) is 12.1. The van der Waals surface area contributed by atoms with Gasteiger partial charge in [0.25, 0.3) is 5.91 Å². The van der Waals surface area contributed by atoms with Gasteiger partial charge < -0.3 is 10.1 Å². The van der Waals surface area contributed by atoms with Crippen molar-refractivity contribution in [1.29, 1.82) is 5.26 Å². The molecule has 1 N–H and O–H groups in total. The monoisotopic (exact) mass is 304 g/mol. The minimum absolute atomic E-state index is 0.00120. The fourth-order valence-corrected chi connectivity index (χ4v) is 1.68. The fourth-order valence-electron chi connectivity index (χ4n) is 1.55. The lowest BCUT2D eigenvalue weighted by Gasteiger charge is -2.08. The van der Waals surface area contributed by atoms with Gasteiger partial charge in [-0.2, -0.15) is 5.26 Å². The van der Waals surface area contributed by atoms with Gasteiger partial charge in [0.2, 0.25) is 0 Å². The summed E-state index contributed by atoms with van der Waals surface area (Å²) < 4.78 is 18.8. The predicted molar refractivity (Wildman–Crippen MR) is 76.7 cm³/mol. The smallest absolute Gasteiger partial charge is 0.262 e. The van der Waals surface area contributed by atoms with E-state index in [0.29, 0.717) is 10.8 Å². The summed E-state index contributed by atoms with van der Waals surface area (Å²) in [4.78, 5) is 11.7. The molecule has 0 aliphatic carbocycles. The number of ether oxygens (including phenoxy) is 1. The predicted octanol–water partition coefficient (Wildman–Crippen LogP) is 3.37. The van der Waals surface area contributed by atoms with E-state index < -0.39 is 11.7 Å². The van der Waals surface area contributed by atoms with E-state index in [1.165, 1.54) is 12.1 Å². The highest BCUT2D eigenvalue weighted by Gasteiger charge is 2.08. The molecule has 0 radical (unpaired) electrons. The molecule has 0 unspecified atom stereocenters. The Hall–Kier alpha value is -2.58. The molecule has 0 heterocycles. The van der Waals surface area contributed by atoms with Gasteiger partial charge in [0.15, 0.2) is 6.61 Å². The molecule has 0 aliphatic heterocycles. The standard InChI is InChI=1S/C15H10ClFN2O2/c16-11-2-4-12(5-3-11)21-9-15(20)19-14-6-1-10(8-18)7-13(14)17/h1-7H,9H2,(H,19,20). The van der Waals surface area contributed by atoms with E-state index in [0.717, 1.165) is 6.07 Å². The quantitative estimate of drug-likeness (QED) is 0.942. The summed E-state index contributed by atoms with van der Waals surface area (Å²) in [6.45, 7) is -0.263. The van der Waals surface area contributed by atoms with E-state index in [1.54, 1.807) is 24.3 Å². The number of amides is 1. The lowest BCUT2D eigenvalue weighted by atomic mass is 10.2. The molecule has 0 bridgehead atoms. The van der Waals surface area contributed by atoms with Crippen LogP contribution in [0.1, 0.15) is 5.56 Å². The van der Waals surface area contributed by atoms with Crippen molar-refractivity contribution in [3.8, 4) is 11.8 Å². The van der Waals surface area contributed by atoms with Gasteiger partial charge in [0.1, 0.15) is 11.6 Å². The van der Waals surface area contributed by atoms with Crippen LogP contribution in [0.3, 0.4) is 0 Å². The highest BCUT2D eigenvalue weighted by atomic mass is 35.5. The lowest BCUT2D eigenvalue weighted by Crippen LogP contribution is -2.20. The number of nitriles is 1. The Balaban J connectivity index is 1.93. The Labute approximate surface area is 125 Å². The molecule has 4 nitrogen and oxygen atoms in total. The molecule has 6 heteroatoms. The first-order chi connectivity index (χ1) is 10.1. The average Bonchev–Trinajstić information content (AvgIpc) is 2.48. The van der Waals surface area contributed by atoms with Crippen molar-refractivity contribution >= 4 is 23.2 Å². The van der Waals surface area contributed by atoms with Crippen molar-refractivity contribution in [2.45, 2.75) is 0 Å². The molecule has 2 rings (SSSR count). The number of anilines is 1. The van der Waals surface area contributed by atoms with Gasteiger partial charge in [-0.05, 0) is 42.5 Å². The van der Waals surface area contributed by atoms with Crippen LogP contribution in [0.15, 0.2) is 42.5 Å². The first-order valence-electron chi connectivity index (χ1n) is 5.96. The number of carbonyl (C=O) groups excluding carboxylic acids is 1. The fraction of sp³-hybridized carbons (Fsp3) is 0.0667. The number of hydrogen-bond acceptors (Lipinski definition) is 3. The van der Waals surface area contributed by atoms with Gasteiger partial charge in [-0.15, -0.1) is 0 Å². The van der Waals surface area contributed by atoms with Gasteiger partial charge in [-0.3, -0.25) is 4.79 Å². The second-order valence-corrected chi connectivity index (χ2v) is 4.53.